The summed E-state index contributed by atoms with van der Waals surface area (Å²) in [4.78, 5) is 27.4. The smallest absolute Gasteiger partial charge is 0.245 e. The van der Waals surface area contributed by atoms with Gasteiger partial charge in [-0.15, -0.1) is 0 Å². The molecule has 2 heterocycles. The maximum Gasteiger partial charge on any atom is 0.245 e. The second kappa shape index (κ2) is 4.65. The van der Waals surface area contributed by atoms with E-state index in [4.69, 9.17) is 0 Å². The highest BCUT2D eigenvalue weighted by Gasteiger charge is 2.41. The van der Waals surface area contributed by atoms with Gasteiger partial charge in [-0.3, -0.25) is 9.59 Å². The molecule has 2 aliphatic rings. The SMILES string of the molecule is CSC(C)CN1CC(=O)N2CCCC2C1=O. The van der Waals surface area contributed by atoms with Crippen LogP contribution in [0.1, 0.15) is 19.8 Å². The van der Waals surface area contributed by atoms with Crippen molar-refractivity contribution in [3.63, 3.8) is 0 Å². The van der Waals surface area contributed by atoms with Gasteiger partial charge in [0.1, 0.15) is 6.04 Å². The van der Waals surface area contributed by atoms with Gasteiger partial charge >= 0.3 is 0 Å². The third-order valence-electron chi connectivity index (χ3n) is 3.38. The van der Waals surface area contributed by atoms with E-state index in [1.165, 1.54) is 0 Å². The highest BCUT2D eigenvalue weighted by atomic mass is 32.2. The van der Waals surface area contributed by atoms with Crippen LogP contribution in [0, 0.1) is 0 Å². The van der Waals surface area contributed by atoms with Crippen LogP contribution in [-0.4, -0.2) is 58.8 Å². The third kappa shape index (κ3) is 2.05. The first-order chi connectivity index (χ1) is 7.63. The third-order valence-corrected chi connectivity index (χ3v) is 4.33. The normalized spacial score (nSPS) is 27.2. The average molecular weight is 242 g/mol. The molecule has 2 amide bonds. The van der Waals surface area contributed by atoms with Gasteiger partial charge < -0.3 is 9.80 Å². The molecule has 0 saturated carbocycles. The molecular weight excluding hydrogens is 224 g/mol. The molecule has 4 nitrogen and oxygen atoms in total. The molecule has 0 aromatic heterocycles. The molecule has 2 unspecified atom stereocenters. The Labute approximate surface area is 100 Å². The van der Waals surface area contributed by atoms with E-state index >= 15 is 0 Å². The summed E-state index contributed by atoms with van der Waals surface area (Å²) in [5, 5.41) is 0.393. The Kier molecular flexibility index (Phi) is 3.42. The number of carbonyl (C=O) groups is 2. The van der Waals surface area contributed by atoms with E-state index in [9.17, 15) is 9.59 Å². The molecule has 16 heavy (non-hydrogen) atoms. The molecule has 2 fully saturated rings. The monoisotopic (exact) mass is 242 g/mol. The van der Waals surface area contributed by atoms with Gasteiger partial charge in [-0.25, -0.2) is 0 Å². The maximum atomic E-state index is 12.1. The average Bonchev–Trinajstić information content (AvgIpc) is 2.74. The Hall–Kier alpha value is -0.710. The zero-order chi connectivity index (χ0) is 11.7. The van der Waals surface area contributed by atoms with E-state index in [2.05, 4.69) is 6.92 Å². The van der Waals surface area contributed by atoms with Crippen LogP contribution in [0.5, 0.6) is 0 Å². The minimum atomic E-state index is -0.157. The molecule has 0 aromatic carbocycles. The number of piperazine rings is 1. The van der Waals surface area contributed by atoms with Crippen molar-refractivity contribution >= 4 is 23.6 Å². The van der Waals surface area contributed by atoms with Crippen LogP contribution in [0.3, 0.4) is 0 Å². The number of thioether (sulfide) groups is 1. The van der Waals surface area contributed by atoms with Gasteiger partial charge in [-0.1, -0.05) is 6.92 Å². The van der Waals surface area contributed by atoms with Crippen molar-refractivity contribution in [2.24, 2.45) is 0 Å². The number of fused-ring (bicyclic) bond motifs is 1. The van der Waals surface area contributed by atoms with Crippen molar-refractivity contribution in [1.82, 2.24) is 9.80 Å². The van der Waals surface area contributed by atoms with E-state index in [0.29, 0.717) is 11.8 Å². The highest BCUT2D eigenvalue weighted by Crippen LogP contribution is 2.24. The fourth-order valence-electron chi connectivity index (χ4n) is 2.40. The molecule has 2 aliphatic heterocycles. The van der Waals surface area contributed by atoms with Gasteiger partial charge in [-0.2, -0.15) is 11.8 Å². The zero-order valence-corrected chi connectivity index (χ0v) is 10.6. The van der Waals surface area contributed by atoms with Crippen LogP contribution in [0.2, 0.25) is 0 Å². The largest absolute Gasteiger partial charge is 0.330 e. The summed E-state index contributed by atoms with van der Waals surface area (Å²) < 4.78 is 0. The number of hydrogen-bond acceptors (Lipinski definition) is 3. The van der Waals surface area contributed by atoms with Gasteiger partial charge in [0.15, 0.2) is 0 Å². The van der Waals surface area contributed by atoms with Crippen molar-refractivity contribution in [2.45, 2.75) is 31.1 Å². The number of hydrogen-bond donors (Lipinski definition) is 0. The standard InChI is InChI=1S/C11H18N2O2S/c1-8(16-2)6-12-7-10(14)13-5-3-4-9(13)11(12)15/h8-9H,3-7H2,1-2H3. The molecule has 2 rings (SSSR count). The lowest BCUT2D eigenvalue weighted by Gasteiger charge is -2.37. The van der Waals surface area contributed by atoms with Crippen LogP contribution in [0.15, 0.2) is 0 Å². The number of nitrogens with zero attached hydrogens (tertiary/aromatic N) is 2. The summed E-state index contributed by atoms with van der Waals surface area (Å²) in [5.41, 5.74) is 0. The first-order valence-electron chi connectivity index (χ1n) is 5.74. The molecule has 2 saturated heterocycles. The molecule has 0 N–H and O–H groups in total. The molecule has 0 radical (unpaired) electrons. The second-order valence-corrected chi connectivity index (χ2v) is 5.79. The Morgan fingerprint density at radius 1 is 1.50 bits per heavy atom. The van der Waals surface area contributed by atoms with Gasteiger partial charge in [0.25, 0.3) is 0 Å². The van der Waals surface area contributed by atoms with Crippen molar-refractivity contribution < 1.29 is 9.59 Å². The van der Waals surface area contributed by atoms with Crippen LogP contribution >= 0.6 is 11.8 Å². The van der Waals surface area contributed by atoms with Crippen LogP contribution in [0.25, 0.3) is 0 Å². The summed E-state index contributed by atoms with van der Waals surface area (Å²) in [7, 11) is 0. The fourth-order valence-corrected chi connectivity index (χ4v) is 2.73. The summed E-state index contributed by atoms with van der Waals surface area (Å²) in [6.45, 7) is 3.82. The molecule has 2 atom stereocenters. The molecule has 0 bridgehead atoms. The predicted molar refractivity (Wildman–Crippen MR) is 64.3 cm³/mol. The summed E-state index contributed by atoms with van der Waals surface area (Å²) in [5.74, 6) is 0.272. The lowest BCUT2D eigenvalue weighted by atomic mass is 10.1. The van der Waals surface area contributed by atoms with E-state index in [1.54, 1.807) is 21.6 Å². The van der Waals surface area contributed by atoms with Crippen LogP contribution in [0.4, 0.5) is 0 Å². The molecule has 0 spiro atoms. The predicted octanol–water partition coefficient (Wildman–Crippen LogP) is 0.571. The Morgan fingerprint density at radius 3 is 2.94 bits per heavy atom. The van der Waals surface area contributed by atoms with Crippen molar-refractivity contribution in [2.75, 3.05) is 25.9 Å². The van der Waals surface area contributed by atoms with E-state index < -0.39 is 0 Å². The number of rotatable bonds is 3. The topological polar surface area (TPSA) is 40.6 Å². The minimum Gasteiger partial charge on any atom is -0.330 e. The quantitative estimate of drug-likeness (QED) is 0.726. The summed E-state index contributed by atoms with van der Waals surface area (Å²) >= 11 is 1.73. The first kappa shape index (κ1) is 11.8. The van der Waals surface area contributed by atoms with E-state index in [1.807, 2.05) is 6.26 Å². The first-order valence-corrected chi connectivity index (χ1v) is 7.03. The molecule has 90 valence electrons. The van der Waals surface area contributed by atoms with Gasteiger partial charge in [0, 0.05) is 18.3 Å². The molecular formula is C11H18N2O2S. The van der Waals surface area contributed by atoms with Crippen molar-refractivity contribution in [1.29, 1.82) is 0 Å². The lowest BCUT2D eigenvalue weighted by molar-refractivity contribution is -0.153. The van der Waals surface area contributed by atoms with Crippen molar-refractivity contribution in [3.05, 3.63) is 0 Å². The highest BCUT2D eigenvalue weighted by molar-refractivity contribution is 7.99. The Bertz CT molecular complexity index is 308. The molecule has 5 heteroatoms. The fraction of sp³-hybridized carbons (Fsp3) is 0.818. The van der Waals surface area contributed by atoms with Crippen LogP contribution < -0.4 is 0 Å². The zero-order valence-electron chi connectivity index (χ0n) is 9.81. The number of amides is 2. The minimum absolute atomic E-state index is 0.121. The molecule has 0 aliphatic carbocycles. The van der Waals surface area contributed by atoms with Crippen molar-refractivity contribution in [3.8, 4) is 0 Å². The van der Waals surface area contributed by atoms with E-state index in [0.717, 1.165) is 19.4 Å². The van der Waals surface area contributed by atoms with E-state index in [-0.39, 0.29) is 24.4 Å². The van der Waals surface area contributed by atoms with Gasteiger partial charge in [0.05, 0.1) is 6.54 Å². The summed E-state index contributed by atoms with van der Waals surface area (Å²) in [6, 6.07) is -0.157. The Morgan fingerprint density at radius 2 is 2.25 bits per heavy atom. The summed E-state index contributed by atoms with van der Waals surface area (Å²) in [6.07, 6.45) is 3.84. The lowest BCUT2D eigenvalue weighted by Crippen LogP contribution is -2.58. The van der Waals surface area contributed by atoms with Gasteiger partial charge in [0.2, 0.25) is 11.8 Å². The number of carbonyl (C=O) groups excluding carboxylic acids is 2. The van der Waals surface area contributed by atoms with Crippen LogP contribution in [-0.2, 0) is 9.59 Å². The van der Waals surface area contributed by atoms with Gasteiger partial charge in [-0.05, 0) is 19.1 Å². The maximum absolute atomic E-state index is 12.1. The second-order valence-electron chi connectivity index (χ2n) is 4.51. The Balaban J connectivity index is 2.05. The molecule has 0 aromatic rings.